The summed E-state index contributed by atoms with van der Waals surface area (Å²) in [4.78, 5) is 12.4. The summed E-state index contributed by atoms with van der Waals surface area (Å²) in [6.07, 6.45) is 1.92. The van der Waals surface area contributed by atoms with E-state index in [0.29, 0.717) is 38.8 Å². The average molecular weight is 527 g/mol. The Bertz CT molecular complexity index is 1070. The van der Waals surface area contributed by atoms with Crippen LogP contribution in [-0.4, -0.2) is 65.4 Å². The molecule has 0 radical (unpaired) electrons. The quantitative estimate of drug-likeness (QED) is 0.185. The van der Waals surface area contributed by atoms with Gasteiger partial charge in [0.1, 0.15) is 18.1 Å². The van der Waals surface area contributed by atoms with Crippen molar-refractivity contribution in [1.29, 1.82) is 0 Å². The van der Waals surface area contributed by atoms with E-state index < -0.39 is 8.32 Å². The van der Waals surface area contributed by atoms with Crippen molar-refractivity contribution in [2.24, 2.45) is 0 Å². The minimum Gasteiger partial charge on any atom is -0.491 e. The van der Waals surface area contributed by atoms with Gasteiger partial charge in [0, 0.05) is 43.6 Å². The molecule has 0 aliphatic rings. The third-order valence-electron chi connectivity index (χ3n) is 6.94. The molecule has 1 N–H and O–H groups in total. The first-order valence-electron chi connectivity index (χ1n) is 12.9. The molecule has 0 atom stereocenters. The van der Waals surface area contributed by atoms with Crippen molar-refractivity contribution < 1.29 is 23.5 Å². The molecule has 0 amide bonds. The van der Waals surface area contributed by atoms with Gasteiger partial charge in [0.15, 0.2) is 14.1 Å². The Morgan fingerprint density at radius 2 is 1.46 bits per heavy atom. The predicted octanol–water partition coefficient (Wildman–Crippen LogP) is 6.24. The lowest BCUT2D eigenvalue weighted by molar-refractivity contribution is 0.0347. The van der Waals surface area contributed by atoms with E-state index >= 15 is 0 Å². The molecule has 1 aromatic heterocycles. The van der Waals surface area contributed by atoms with Crippen molar-refractivity contribution in [3.05, 3.63) is 54.6 Å². The Morgan fingerprint density at radius 1 is 0.865 bits per heavy atom. The number of hydrogen-bond acceptors (Lipinski definition) is 7. The van der Waals surface area contributed by atoms with Crippen LogP contribution in [0.4, 0.5) is 5.69 Å². The summed E-state index contributed by atoms with van der Waals surface area (Å²) in [7, 11) is 1.90. The molecular formula is C29H42N2O5Si. The number of hydrogen-bond donors (Lipinski definition) is 1. The summed E-state index contributed by atoms with van der Waals surface area (Å²) >= 11 is 0. The van der Waals surface area contributed by atoms with Crippen molar-refractivity contribution in [2.75, 3.05) is 52.0 Å². The van der Waals surface area contributed by atoms with Gasteiger partial charge in [-0.15, -0.1) is 0 Å². The van der Waals surface area contributed by atoms with E-state index in [4.69, 9.17) is 18.7 Å². The van der Waals surface area contributed by atoms with Crippen LogP contribution in [0.15, 0.2) is 59.1 Å². The third-order valence-corrected chi connectivity index (χ3v) is 10.5. The fourth-order valence-electron chi connectivity index (χ4n) is 3.66. The molecule has 0 aliphatic heterocycles. The molecular weight excluding hydrogens is 484 g/mol. The number of aromatic nitrogens is 1. The summed E-state index contributed by atoms with van der Waals surface area (Å²) < 4.78 is 22.6. The molecule has 0 fully saturated rings. The second-order valence-electron chi connectivity index (χ2n) is 10.7. The number of rotatable bonds is 15. The summed E-state index contributed by atoms with van der Waals surface area (Å²) in [5.74, 6) is 1.49. The van der Waals surface area contributed by atoms with E-state index in [9.17, 15) is 4.80 Å². The molecule has 3 aromatic rings. The normalized spacial score (nSPS) is 12.1. The first-order chi connectivity index (χ1) is 17.6. The smallest absolute Gasteiger partial charge is 0.188 e. The van der Waals surface area contributed by atoms with Gasteiger partial charge < -0.3 is 28.4 Å². The molecule has 37 heavy (non-hydrogen) atoms. The molecule has 1 heterocycles. The van der Waals surface area contributed by atoms with E-state index in [-0.39, 0.29) is 5.04 Å². The van der Waals surface area contributed by atoms with Crippen LogP contribution in [0.3, 0.4) is 0 Å². The third kappa shape index (κ3) is 8.71. The first-order valence-corrected chi connectivity index (χ1v) is 15.9. The zero-order chi connectivity index (χ0) is 26.9. The summed E-state index contributed by atoms with van der Waals surface area (Å²) in [6.45, 7) is 11.0. The zero-order valence-electron chi connectivity index (χ0n) is 23.1. The van der Waals surface area contributed by atoms with Crippen molar-refractivity contribution in [3.63, 3.8) is 0 Å². The summed E-state index contributed by atoms with van der Waals surface area (Å²) in [5.41, 5.74) is 3.91. The number of anilines is 1. The van der Waals surface area contributed by atoms with Gasteiger partial charge in [-0.25, -0.2) is 0 Å². The van der Waals surface area contributed by atoms with Gasteiger partial charge in [0.2, 0.25) is 0 Å². The number of ether oxygens (including phenoxy) is 3. The highest BCUT2D eigenvalue weighted by Gasteiger charge is 2.37. The molecule has 8 heteroatoms. The standard InChI is InChI=1S/C29H42N2O5Si/c1-29(2,37(5,6)32)16-7-17-33-18-19-34-20-21-35-26-14-10-24(11-15-26)28-22-27(30-36-28)23-8-12-25(13-9-23)31(3)4/h8-15,22,32H,7,16-21H2,1-6H3. The molecule has 2 aromatic carbocycles. The molecule has 7 nitrogen and oxygen atoms in total. The topological polar surface area (TPSA) is 77.2 Å². The van der Waals surface area contributed by atoms with E-state index in [1.807, 2.05) is 69.7 Å². The number of benzene rings is 2. The van der Waals surface area contributed by atoms with Crippen LogP contribution in [0.25, 0.3) is 22.6 Å². The van der Waals surface area contributed by atoms with Crippen LogP contribution >= 0.6 is 0 Å². The Kier molecular flexibility index (Phi) is 10.3. The second-order valence-corrected chi connectivity index (χ2v) is 15.1. The molecule has 0 saturated carbocycles. The van der Waals surface area contributed by atoms with E-state index in [2.05, 4.69) is 36.0 Å². The van der Waals surface area contributed by atoms with Gasteiger partial charge in [-0.1, -0.05) is 31.1 Å². The molecule has 0 saturated heterocycles. The maximum Gasteiger partial charge on any atom is 0.188 e. The fraction of sp³-hybridized carbons (Fsp3) is 0.483. The fourth-order valence-corrected chi connectivity index (χ4v) is 4.44. The van der Waals surface area contributed by atoms with Crippen LogP contribution < -0.4 is 9.64 Å². The largest absolute Gasteiger partial charge is 0.491 e. The zero-order valence-corrected chi connectivity index (χ0v) is 24.1. The van der Waals surface area contributed by atoms with Crippen molar-refractivity contribution in [2.45, 2.75) is 44.8 Å². The minimum absolute atomic E-state index is 0.00100. The van der Waals surface area contributed by atoms with Gasteiger partial charge in [-0.3, -0.25) is 0 Å². The Morgan fingerprint density at radius 3 is 2.08 bits per heavy atom. The molecule has 0 aliphatic carbocycles. The van der Waals surface area contributed by atoms with Gasteiger partial charge in [0.05, 0.1) is 19.8 Å². The van der Waals surface area contributed by atoms with E-state index in [1.165, 1.54) is 0 Å². The Labute approximate surface area is 222 Å². The maximum absolute atomic E-state index is 10.3. The lowest BCUT2D eigenvalue weighted by Gasteiger charge is -2.35. The molecule has 0 bridgehead atoms. The predicted molar refractivity (Wildman–Crippen MR) is 152 cm³/mol. The maximum atomic E-state index is 10.3. The van der Waals surface area contributed by atoms with Crippen LogP contribution in [0.2, 0.25) is 18.1 Å². The molecule has 0 unspecified atom stereocenters. The van der Waals surface area contributed by atoms with Gasteiger partial charge in [0.25, 0.3) is 0 Å². The SMILES string of the molecule is CN(C)c1ccc(-c2cc(-c3ccc(OCCOCCOCCCC(C)(C)[Si](C)(C)O)cc3)on2)cc1. The van der Waals surface area contributed by atoms with Crippen molar-refractivity contribution in [1.82, 2.24) is 5.16 Å². The van der Waals surface area contributed by atoms with Crippen LogP contribution in [0.1, 0.15) is 26.7 Å². The summed E-state index contributed by atoms with van der Waals surface area (Å²) in [6, 6.07) is 17.9. The van der Waals surface area contributed by atoms with Gasteiger partial charge in [-0.2, -0.15) is 0 Å². The summed E-state index contributed by atoms with van der Waals surface area (Å²) in [5, 5.41) is 4.23. The average Bonchev–Trinajstić information content (AvgIpc) is 3.35. The van der Waals surface area contributed by atoms with Crippen LogP contribution in [0, 0.1) is 0 Å². The monoisotopic (exact) mass is 526 g/mol. The van der Waals surface area contributed by atoms with E-state index in [1.54, 1.807) is 0 Å². The highest BCUT2D eigenvalue weighted by molar-refractivity contribution is 6.72. The Hall–Kier alpha value is -2.65. The highest BCUT2D eigenvalue weighted by Crippen LogP contribution is 2.39. The second kappa shape index (κ2) is 13.2. The molecule has 202 valence electrons. The first kappa shape index (κ1) is 28.9. The number of nitrogens with zero attached hydrogens (tertiary/aromatic N) is 2. The lowest BCUT2D eigenvalue weighted by Crippen LogP contribution is -2.39. The van der Waals surface area contributed by atoms with Crippen LogP contribution in [-0.2, 0) is 9.47 Å². The molecule has 0 spiro atoms. The highest BCUT2D eigenvalue weighted by atomic mass is 28.4. The minimum atomic E-state index is -2.14. The lowest BCUT2D eigenvalue weighted by atomic mass is 10.1. The Balaban J connectivity index is 1.32. The van der Waals surface area contributed by atoms with Gasteiger partial charge >= 0.3 is 0 Å². The van der Waals surface area contributed by atoms with Crippen molar-refractivity contribution >= 4 is 14.0 Å². The van der Waals surface area contributed by atoms with Crippen LogP contribution in [0.5, 0.6) is 5.75 Å². The van der Waals surface area contributed by atoms with Gasteiger partial charge in [-0.05, 0) is 67.4 Å². The van der Waals surface area contributed by atoms with Crippen molar-refractivity contribution in [3.8, 4) is 28.3 Å². The van der Waals surface area contributed by atoms with E-state index in [0.717, 1.165) is 41.1 Å². The molecule has 3 rings (SSSR count).